The number of hydrogen-bond acceptors (Lipinski definition) is 8. The Kier molecular flexibility index (Phi) is 5.03. The topological polar surface area (TPSA) is 105 Å². The third-order valence-corrected chi connectivity index (χ3v) is 7.25. The molecule has 1 aromatic heterocycles. The van der Waals surface area contributed by atoms with E-state index in [1.807, 2.05) is 0 Å². The van der Waals surface area contributed by atoms with Gasteiger partial charge >= 0.3 is 5.69 Å². The molecule has 5 aliphatic rings. The van der Waals surface area contributed by atoms with Crippen molar-refractivity contribution in [2.45, 2.75) is 44.1 Å². The minimum atomic E-state index is -0.347. The molecule has 1 aliphatic heterocycles. The lowest BCUT2D eigenvalue weighted by Gasteiger charge is -2.57. The average molecular weight is 402 g/mol. The lowest BCUT2D eigenvalue weighted by Crippen LogP contribution is -2.55. The van der Waals surface area contributed by atoms with Gasteiger partial charge in [-0.3, -0.25) is 15.0 Å². The molecule has 0 atom stereocenters. The van der Waals surface area contributed by atoms with Crippen molar-refractivity contribution in [3.05, 3.63) is 16.4 Å². The molecule has 158 valence electrons. The van der Waals surface area contributed by atoms with E-state index >= 15 is 0 Å². The fraction of sp³-hybridized carbons (Fsp3) is 0.800. The molecule has 6 rings (SSSR count). The van der Waals surface area contributed by atoms with Crippen molar-refractivity contribution in [3.63, 3.8) is 0 Å². The zero-order chi connectivity index (χ0) is 19.8. The quantitative estimate of drug-likeness (QED) is 0.529. The maximum absolute atomic E-state index is 11.9. The number of aromatic nitrogens is 2. The van der Waals surface area contributed by atoms with Crippen molar-refractivity contribution in [2.24, 2.45) is 17.8 Å². The standard InChI is InChI=1S/C20H30N6O3/c27-26(28)17-18(21-1-2-25-3-5-29-6-4-25)22-13-23-19(17)24-20-10-14-7-15(11-20)9-16(8-14)12-20/h13-16H,1-12H2,(H2,21,22,23,24). The van der Waals surface area contributed by atoms with E-state index in [9.17, 15) is 10.1 Å². The van der Waals surface area contributed by atoms with Gasteiger partial charge in [0.2, 0.25) is 11.6 Å². The zero-order valence-electron chi connectivity index (χ0n) is 16.8. The molecule has 1 aromatic rings. The van der Waals surface area contributed by atoms with E-state index in [-0.39, 0.29) is 16.1 Å². The van der Waals surface area contributed by atoms with Crippen LogP contribution in [0.15, 0.2) is 6.33 Å². The molecule has 0 radical (unpaired) electrons. The van der Waals surface area contributed by atoms with Crippen LogP contribution in [0.2, 0.25) is 0 Å². The Bertz CT molecular complexity index is 731. The number of rotatable bonds is 7. The van der Waals surface area contributed by atoms with Gasteiger partial charge in [0, 0.05) is 31.7 Å². The van der Waals surface area contributed by atoms with E-state index in [4.69, 9.17) is 4.74 Å². The molecule has 29 heavy (non-hydrogen) atoms. The van der Waals surface area contributed by atoms with E-state index < -0.39 is 0 Å². The van der Waals surface area contributed by atoms with E-state index in [0.717, 1.165) is 69.9 Å². The summed E-state index contributed by atoms with van der Waals surface area (Å²) in [5.74, 6) is 2.98. The van der Waals surface area contributed by atoms with Crippen molar-refractivity contribution >= 4 is 17.3 Å². The summed E-state index contributed by atoms with van der Waals surface area (Å²) in [6, 6.07) is 0. The maximum atomic E-state index is 11.9. The van der Waals surface area contributed by atoms with Gasteiger partial charge < -0.3 is 15.4 Å². The van der Waals surface area contributed by atoms with Crippen molar-refractivity contribution in [1.82, 2.24) is 14.9 Å². The van der Waals surface area contributed by atoms with Gasteiger partial charge in [-0.15, -0.1) is 0 Å². The van der Waals surface area contributed by atoms with Crippen LogP contribution in [0.3, 0.4) is 0 Å². The average Bonchev–Trinajstić information content (AvgIpc) is 2.67. The van der Waals surface area contributed by atoms with E-state index in [1.165, 1.54) is 25.6 Å². The molecular weight excluding hydrogens is 372 g/mol. The largest absolute Gasteiger partial charge is 0.379 e. The van der Waals surface area contributed by atoms with Gasteiger partial charge in [0.15, 0.2) is 0 Å². The van der Waals surface area contributed by atoms with Crippen LogP contribution in [0, 0.1) is 27.9 Å². The highest BCUT2D eigenvalue weighted by molar-refractivity contribution is 5.70. The number of nitrogens with zero attached hydrogens (tertiary/aromatic N) is 4. The van der Waals surface area contributed by atoms with E-state index in [0.29, 0.717) is 18.2 Å². The second kappa shape index (κ2) is 7.68. The molecule has 0 spiro atoms. The van der Waals surface area contributed by atoms with Gasteiger partial charge in [-0.25, -0.2) is 9.97 Å². The summed E-state index contributed by atoms with van der Waals surface area (Å²) in [6.07, 6.45) is 8.77. The highest BCUT2D eigenvalue weighted by Crippen LogP contribution is 2.56. The van der Waals surface area contributed by atoms with Crippen LogP contribution >= 0.6 is 0 Å². The first-order chi connectivity index (χ1) is 14.1. The summed E-state index contributed by atoms with van der Waals surface area (Å²) in [7, 11) is 0. The Morgan fingerprint density at radius 3 is 2.34 bits per heavy atom. The second-order valence-corrected chi connectivity index (χ2v) is 9.38. The van der Waals surface area contributed by atoms with Crippen molar-refractivity contribution in [2.75, 3.05) is 50.0 Å². The molecule has 0 aromatic carbocycles. The normalized spacial score (nSPS) is 33.6. The fourth-order valence-electron chi connectivity index (χ4n) is 6.44. The molecule has 9 nitrogen and oxygen atoms in total. The summed E-state index contributed by atoms with van der Waals surface area (Å²) in [4.78, 5) is 22.3. The summed E-state index contributed by atoms with van der Waals surface area (Å²) in [5.41, 5.74) is -0.0518. The minimum Gasteiger partial charge on any atom is -0.379 e. The SMILES string of the molecule is O=[N+]([O-])c1c(NCCN2CCOCC2)ncnc1NC12CC3CC(CC(C3)C1)C2. The third kappa shape index (κ3) is 3.90. The maximum Gasteiger partial charge on any atom is 0.353 e. The van der Waals surface area contributed by atoms with Crippen molar-refractivity contribution < 1.29 is 9.66 Å². The molecule has 2 heterocycles. The fourth-order valence-corrected chi connectivity index (χ4v) is 6.44. The van der Waals surface area contributed by atoms with Crippen LogP contribution in [-0.2, 0) is 4.74 Å². The number of morpholine rings is 1. The summed E-state index contributed by atoms with van der Waals surface area (Å²) >= 11 is 0. The van der Waals surface area contributed by atoms with Crippen LogP contribution in [0.5, 0.6) is 0 Å². The summed E-state index contributed by atoms with van der Waals surface area (Å²) < 4.78 is 5.37. The molecule has 0 unspecified atom stereocenters. The number of hydrogen-bond donors (Lipinski definition) is 2. The van der Waals surface area contributed by atoms with Gasteiger partial charge in [0.1, 0.15) is 6.33 Å². The van der Waals surface area contributed by atoms with Crippen LogP contribution in [0.1, 0.15) is 38.5 Å². The van der Waals surface area contributed by atoms with Crippen molar-refractivity contribution in [1.29, 1.82) is 0 Å². The molecule has 0 amide bonds. The Balaban J connectivity index is 1.31. The lowest BCUT2D eigenvalue weighted by atomic mass is 9.53. The van der Waals surface area contributed by atoms with Crippen LogP contribution in [0.25, 0.3) is 0 Å². The number of anilines is 2. The van der Waals surface area contributed by atoms with Crippen molar-refractivity contribution in [3.8, 4) is 0 Å². The Morgan fingerprint density at radius 2 is 1.72 bits per heavy atom. The molecule has 1 saturated heterocycles. The Hall–Kier alpha value is -2.00. The smallest absolute Gasteiger partial charge is 0.353 e. The number of nitrogens with one attached hydrogen (secondary N) is 2. The molecular formula is C20H30N6O3. The zero-order valence-corrected chi connectivity index (χ0v) is 16.8. The van der Waals surface area contributed by atoms with Crippen LogP contribution in [0.4, 0.5) is 17.3 Å². The molecule has 4 saturated carbocycles. The Labute approximate surface area is 170 Å². The first-order valence-electron chi connectivity index (χ1n) is 10.9. The van der Waals surface area contributed by atoms with Gasteiger partial charge in [-0.2, -0.15) is 0 Å². The highest BCUT2D eigenvalue weighted by Gasteiger charge is 2.51. The van der Waals surface area contributed by atoms with Gasteiger partial charge in [-0.1, -0.05) is 0 Å². The Morgan fingerprint density at radius 1 is 1.10 bits per heavy atom. The molecule has 4 bridgehead atoms. The third-order valence-electron chi connectivity index (χ3n) is 7.25. The van der Waals surface area contributed by atoms with Gasteiger partial charge in [0.05, 0.1) is 18.1 Å². The number of ether oxygens (including phenoxy) is 1. The summed E-state index contributed by atoms with van der Waals surface area (Å²) in [6.45, 7) is 4.69. The lowest BCUT2D eigenvalue weighted by molar-refractivity contribution is -0.383. The second-order valence-electron chi connectivity index (χ2n) is 9.38. The first-order valence-corrected chi connectivity index (χ1v) is 10.9. The van der Waals surface area contributed by atoms with Gasteiger partial charge in [0.25, 0.3) is 0 Å². The van der Waals surface area contributed by atoms with E-state index in [1.54, 1.807) is 0 Å². The molecule has 5 fully saturated rings. The predicted octanol–water partition coefficient (Wildman–Crippen LogP) is 2.51. The summed E-state index contributed by atoms with van der Waals surface area (Å²) in [5, 5.41) is 18.6. The van der Waals surface area contributed by atoms with Crippen LogP contribution in [-0.4, -0.2) is 64.7 Å². The minimum absolute atomic E-state index is 0.0229. The predicted molar refractivity (Wildman–Crippen MR) is 109 cm³/mol. The highest BCUT2D eigenvalue weighted by atomic mass is 16.6. The van der Waals surface area contributed by atoms with Crippen LogP contribution < -0.4 is 10.6 Å². The first kappa shape index (κ1) is 19.0. The number of nitro groups is 1. The molecule has 9 heteroatoms. The van der Waals surface area contributed by atoms with Gasteiger partial charge in [-0.05, 0) is 56.3 Å². The monoisotopic (exact) mass is 402 g/mol. The molecule has 4 aliphatic carbocycles. The molecule has 2 N–H and O–H groups in total. The van der Waals surface area contributed by atoms with E-state index in [2.05, 4.69) is 25.5 Å².